The highest BCUT2D eigenvalue weighted by Crippen LogP contribution is 2.26. The van der Waals surface area contributed by atoms with Crippen LogP contribution in [-0.4, -0.2) is 0 Å². The quantitative estimate of drug-likeness (QED) is 0.227. The minimum absolute atomic E-state index is 0.156. The molecule has 0 radical (unpaired) electrons. The average molecular weight is 529 g/mol. The summed E-state index contributed by atoms with van der Waals surface area (Å²) < 4.78 is 10.1. The van der Waals surface area contributed by atoms with E-state index in [0.717, 1.165) is 5.76 Å². The van der Waals surface area contributed by atoms with Crippen LogP contribution < -0.4 is 0 Å². The number of furan rings is 2. The zero-order valence-electron chi connectivity index (χ0n) is 24.6. The lowest BCUT2D eigenvalue weighted by Crippen LogP contribution is -2.08. The van der Waals surface area contributed by atoms with Gasteiger partial charge in [-0.25, -0.2) is 0 Å². The predicted octanol–water partition coefficient (Wildman–Crippen LogP) is 11.2. The number of rotatable bonds is 0. The van der Waals surface area contributed by atoms with Crippen molar-refractivity contribution in [1.29, 1.82) is 0 Å². The van der Waals surface area contributed by atoms with Crippen molar-refractivity contribution in [1.82, 2.24) is 0 Å². The molecule has 36 heavy (non-hydrogen) atoms. The lowest BCUT2D eigenvalue weighted by Gasteiger charge is -2.15. The minimum atomic E-state index is 0.156. The molecule has 0 bridgehead atoms. The molecule has 0 saturated heterocycles. The molecule has 0 aliphatic heterocycles. The van der Waals surface area contributed by atoms with Gasteiger partial charge in [-0.3, -0.25) is 0 Å². The first kappa shape index (κ1) is 32.0. The number of hydrogen-bond donors (Lipinski definition) is 0. The van der Waals surface area contributed by atoms with E-state index in [1.807, 2.05) is 29.5 Å². The third-order valence-electron chi connectivity index (χ3n) is 5.30. The van der Waals surface area contributed by atoms with E-state index >= 15 is 0 Å². The summed E-state index contributed by atoms with van der Waals surface area (Å²) in [5.41, 5.74) is 3.75. The Balaban J connectivity index is 0.000000240. The van der Waals surface area contributed by atoms with Crippen LogP contribution in [0.1, 0.15) is 105 Å². The van der Waals surface area contributed by atoms with Crippen LogP contribution in [-0.2, 0) is 21.7 Å². The smallest absolute Gasteiger partial charge is 0.109 e. The molecule has 4 rings (SSSR count). The Kier molecular flexibility index (Phi) is 12.0. The maximum atomic E-state index is 5.20. The van der Waals surface area contributed by atoms with Crippen molar-refractivity contribution in [3.63, 3.8) is 0 Å². The van der Waals surface area contributed by atoms with Crippen LogP contribution in [0.25, 0.3) is 0 Å². The fourth-order valence-corrected chi connectivity index (χ4v) is 4.49. The van der Waals surface area contributed by atoms with Gasteiger partial charge in [0, 0.05) is 10.3 Å². The van der Waals surface area contributed by atoms with Crippen molar-refractivity contribution in [2.45, 2.75) is 105 Å². The SMILES string of the molecule is CC(C)(C)c1ccco1.CC(C)(C)c1cccs1.CC(C)(C)c1ccoc1.CC(C)(C)c1ccsc1. The Hall–Kier alpha value is -2.04. The molecule has 0 amide bonds. The summed E-state index contributed by atoms with van der Waals surface area (Å²) in [4.78, 5) is 1.46. The van der Waals surface area contributed by atoms with Gasteiger partial charge in [0.1, 0.15) is 5.76 Å². The van der Waals surface area contributed by atoms with E-state index in [2.05, 4.69) is 117 Å². The van der Waals surface area contributed by atoms with Crippen molar-refractivity contribution in [2.24, 2.45) is 0 Å². The summed E-state index contributed by atoms with van der Waals surface area (Å²) in [5, 5.41) is 6.46. The molecule has 0 spiro atoms. The van der Waals surface area contributed by atoms with Crippen molar-refractivity contribution in [3.8, 4) is 0 Å². The highest BCUT2D eigenvalue weighted by Gasteiger charge is 2.16. The van der Waals surface area contributed by atoms with Gasteiger partial charge in [0.25, 0.3) is 0 Å². The van der Waals surface area contributed by atoms with Gasteiger partial charge in [0.05, 0.1) is 18.8 Å². The molecule has 200 valence electrons. The summed E-state index contributed by atoms with van der Waals surface area (Å²) in [6, 6.07) is 12.4. The maximum Gasteiger partial charge on any atom is 0.109 e. The topological polar surface area (TPSA) is 26.3 Å². The van der Waals surface area contributed by atoms with E-state index in [0.29, 0.717) is 10.8 Å². The molecule has 4 aromatic heterocycles. The van der Waals surface area contributed by atoms with Gasteiger partial charge in [0.15, 0.2) is 0 Å². The van der Waals surface area contributed by atoms with E-state index in [1.165, 1.54) is 16.0 Å². The lowest BCUT2D eigenvalue weighted by atomic mass is 9.89. The van der Waals surface area contributed by atoms with Gasteiger partial charge in [-0.1, -0.05) is 89.2 Å². The third kappa shape index (κ3) is 12.3. The summed E-state index contributed by atoms with van der Waals surface area (Å²) in [6.45, 7) is 26.3. The van der Waals surface area contributed by atoms with Crippen molar-refractivity contribution in [3.05, 3.63) is 93.1 Å². The Bertz CT molecular complexity index is 849. The van der Waals surface area contributed by atoms with E-state index in [9.17, 15) is 0 Å². The van der Waals surface area contributed by atoms with E-state index in [4.69, 9.17) is 8.83 Å². The van der Waals surface area contributed by atoms with E-state index in [1.54, 1.807) is 30.1 Å². The van der Waals surface area contributed by atoms with E-state index in [-0.39, 0.29) is 10.8 Å². The van der Waals surface area contributed by atoms with Crippen molar-refractivity contribution >= 4 is 22.7 Å². The molecule has 0 saturated carbocycles. The van der Waals surface area contributed by atoms with Gasteiger partial charge in [-0.15, -0.1) is 11.3 Å². The highest BCUT2D eigenvalue weighted by atomic mass is 32.1. The third-order valence-corrected chi connectivity index (χ3v) is 7.27. The molecule has 4 aromatic rings. The Labute approximate surface area is 228 Å². The molecule has 2 nitrogen and oxygen atoms in total. The fourth-order valence-electron chi connectivity index (χ4n) is 2.79. The van der Waals surface area contributed by atoms with Gasteiger partial charge in [-0.2, -0.15) is 11.3 Å². The first-order valence-corrected chi connectivity index (χ1v) is 14.4. The summed E-state index contributed by atoms with van der Waals surface area (Å²) >= 11 is 3.60. The summed E-state index contributed by atoms with van der Waals surface area (Å²) in [6.07, 6.45) is 5.21. The van der Waals surface area contributed by atoms with Crippen LogP contribution in [0.5, 0.6) is 0 Å². The summed E-state index contributed by atoms with van der Waals surface area (Å²) in [7, 11) is 0. The maximum absolute atomic E-state index is 5.20. The second-order valence-electron chi connectivity index (χ2n) is 13.0. The molecule has 0 N–H and O–H groups in total. The van der Waals surface area contributed by atoms with Crippen molar-refractivity contribution < 1.29 is 8.83 Å². The minimum Gasteiger partial charge on any atom is -0.472 e. The highest BCUT2D eigenvalue weighted by molar-refractivity contribution is 7.10. The molecule has 4 heterocycles. The largest absolute Gasteiger partial charge is 0.472 e. The van der Waals surface area contributed by atoms with Gasteiger partial charge in [-0.05, 0) is 73.8 Å². The fraction of sp³-hybridized carbons (Fsp3) is 0.500. The molecule has 0 fully saturated rings. The Morgan fingerprint density at radius 3 is 1.44 bits per heavy atom. The molecule has 0 unspecified atom stereocenters. The molecule has 0 aliphatic rings. The van der Waals surface area contributed by atoms with Crippen LogP contribution in [0, 0.1) is 0 Å². The zero-order chi connectivity index (χ0) is 27.6. The van der Waals surface area contributed by atoms with Crippen molar-refractivity contribution in [2.75, 3.05) is 0 Å². The Morgan fingerprint density at radius 1 is 0.583 bits per heavy atom. The molecular formula is C32H48O2S2. The summed E-state index contributed by atoms with van der Waals surface area (Å²) in [5.74, 6) is 1.04. The monoisotopic (exact) mass is 528 g/mol. The first-order chi connectivity index (χ1) is 16.4. The molecule has 0 atom stereocenters. The Morgan fingerprint density at radius 2 is 1.22 bits per heavy atom. The molecular weight excluding hydrogens is 480 g/mol. The zero-order valence-corrected chi connectivity index (χ0v) is 26.2. The predicted molar refractivity (Wildman–Crippen MR) is 161 cm³/mol. The van der Waals surface area contributed by atoms with Crippen LogP contribution in [0.3, 0.4) is 0 Å². The lowest BCUT2D eigenvalue weighted by molar-refractivity contribution is 0.409. The second-order valence-corrected chi connectivity index (χ2v) is 14.7. The molecule has 0 aromatic carbocycles. The van der Waals surface area contributed by atoms with Crippen LogP contribution >= 0.6 is 22.7 Å². The standard InChI is InChI=1S/2C8H12O.2C8H12S/c1-8(2,3)7-4-5-9-6-7;1-8(2,3)7-5-4-6-9-7;1-8(2,3)7-4-5-9-6-7;1-8(2,3)7-5-4-6-9-7/h4*4-6H,1-3H3. The normalized spacial score (nSPS) is 11.9. The number of hydrogen-bond acceptors (Lipinski definition) is 4. The number of thiophene rings is 2. The van der Waals surface area contributed by atoms with Gasteiger partial charge < -0.3 is 8.83 Å². The van der Waals surface area contributed by atoms with E-state index < -0.39 is 0 Å². The van der Waals surface area contributed by atoms with Gasteiger partial charge in [0.2, 0.25) is 0 Å². The average Bonchev–Trinajstić information content (AvgIpc) is 3.57. The first-order valence-electron chi connectivity index (χ1n) is 12.6. The van der Waals surface area contributed by atoms with Crippen LogP contribution in [0.2, 0.25) is 0 Å². The second kappa shape index (κ2) is 13.5. The van der Waals surface area contributed by atoms with Crippen LogP contribution in [0.15, 0.2) is 80.2 Å². The molecule has 4 heteroatoms. The van der Waals surface area contributed by atoms with Gasteiger partial charge >= 0.3 is 0 Å². The van der Waals surface area contributed by atoms with Crippen LogP contribution in [0.4, 0.5) is 0 Å². The molecule has 0 aliphatic carbocycles.